The summed E-state index contributed by atoms with van der Waals surface area (Å²) in [5.41, 5.74) is 3.54. The van der Waals surface area contributed by atoms with Gasteiger partial charge in [0.1, 0.15) is 0 Å². The first-order valence-corrected chi connectivity index (χ1v) is 6.53. The highest BCUT2D eigenvalue weighted by Crippen LogP contribution is 2.29. The fourth-order valence-corrected chi connectivity index (χ4v) is 2.06. The average molecular weight is 238 g/mol. The maximum absolute atomic E-state index is 9.99. The van der Waals surface area contributed by atoms with Crippen LogP contribution in [0.3, 0.4) is 0 Å². The average Bonchev–Trinajstić information content (AvgIpc) is 2.26. The van der Waals surface area contributed by atoms with Gasteiger partial charge in [-0.05, 0) is 28.5 Å². The van der Waals surface area contributed by atoms with Crippen LogP contribution in [0.15, 0.2) is 18.2 Å². The topological polar surface area (TPSA) is 20.2 Å². The van der Waals surface area contributed by atoms with Gasteiger partial charge in [0.25, 0.3) is 0 Å². The summed E-state index contributed by atoms with van der Waals surface area (Å²) in [6.45, 7) is 8.64. The second-order valence-electron chi connectivity index (χ2n) is 4.90. The molecule has 1 aromatic rings. The number of hydrogen-bond donors (Lipinski definition) is 2. The summed E-state index contributed by atoms with van der Waals surface area (Å²) in [7, 11) is 0. The van der Waals surface area contributed by atoms with E-state index in [1.165, 1.54) is 11.1 Å². The van der Waals surface area contributed by atoms with Gasteiger partial charge in [0.05, 0.1) is 6.10 Å². The molecule has 0 aromatic heterocycles. The minimum atomic E-state index is -0.459. The molecule has 0 radical (unpaired) electrons. The van der Waals surface area contributed by atoms with Gasteiger partial charge < -0.3 is 5.11 Å². The van der Waals surface area contributed by atoms with E-state index in [0.717, 1.165) is 5.56 Å². The standard InChI is InChI=1S/C14H22OS/c1-9(2)11-5-6-12(10(3)4)13(7-11)14(15)8-16/h5-7,9-10,14-16H,8H2,1-4H3. The maximum Gasteiger partial charge on any atom is 0.0880 e. The number of thiol groups is 1. The van der Waals surface area contributed by atoms with E-state index in [2.05, 4.69) is 58.5 Å². The van der Waals surface area contributed by atoms with Crippen molar-refractivity contribution >= 4 is 12.6 Å². The summed E-state index contributed by atoms with van der Waals surface area (Å²) < 4.78 is 0. The van der Waals surface area contributed by atoms with Crippen LogP contribution in [0.1, 0.15) is 62.3 Å². The molecular weight excluding hydrogens is 216 g/mol. The van der Waals surface area contributed by atoms with Crippen molar-refractivity contribution in [2.75, 3.05) is 5.75 Å². The molecule has 0 saturated heterocycles. The van der Waals surface area contributed by atoms with Gasteiger partial charge in [-0.1, -0.05) is 45.9 Å². The van der Waals surface area contributed by atoms with Gasteiger partial charge in [0.15, 0.2) is 0 Å². The van der Waals surface area contributed by atoms with Gasteiger partial charge in [0.2, 0.25) is 0 Å². The van der Waals surface area contributed by atoms with Crippen LogP contribution in [0, 0.1) is 0 Å². The monoisotopic (exact) mass is 238 g/mol. The Balaban J connectivity index is 3.21. The smallest absolute Gasteiger partial charge is 0.0880 e. The molecule has 1 rings (SSSR count). The van der Waals surface area contributed by atoms with E-state index in [-0.39, 0.29) is 0 Å². The molecular formula is C14H22OS. The van der Waals surface area contributed by atoms with Gasteiger partial charge >= 0.3 is 0 Å². The summed E-state index contributed by atoms with van der Waals surface area (Å²) in [4.78, 5) is 0. The van der Waals surface area contributed by atoms with Crippen molar-refractivity contribution in [1.82, 2.24) is 0 Å². The van der Waals surface area contributed by atoms with Crippen LogP contribution in [-0.4, -0.2) is 10.9 Å². The van der Waals surface area contributed by atoms with Gasteiger partial charge in [-0.25, -0.2) is 0 Å². The number of benzene rings is 1. The zero-order valence-electron chi connectivity index (χ0n) is 10.6. The molecule has 1 unspecified atom stereocenters. The first kappa shape index (κ1) is 13.6. The molecule has 0 amide bonds. The first-order valence-electron chi connectivity index (χ1n) is 5.90. The van der Waals surface area contributed by atoms with E-state index >= 15 is 0 Å². The molecule has 1 N–H and O–H groups in total. The minimum Gasteiger partial charge on any atom is -0.388 e. The molecule has 1 atom stereocenters. The van der Waals surface area contributed by atoms with E-state index in [4.69, 9.17) is 0 Å². The van der Waals surface area contributed by atoms with Gasteiger partial charge in [-0.2, -0.15) is 12.6 Å². The lowest BCUT2D eigenvalue weighted by atomic mass is 9.90. The van der Waals surface area contributed by atoms with E-state index < -0.39 is 6.10 Å². The Labute approximate surface area is 104 Å². The number of aliphatic hydroxyl groups is 1. The van der Waals surface area contributed by atoms with Crippen molar-refractivity contribution in [1.29, 1.82) is 0 Å². The third-order valence-corrected chi connectivity index (χ3v) is 3.28. The summed E-state index contributed by atoms with van der Waals surface area (Å²) in [5.74, 6) is 1.40. The lowest BCUT2D eigenvalue weighted by Gasteiger charge is -2.19. The summed E-state index contributed by atoms with van der Waals surface area (Å²) >= 11 is 4.18. The molecule has 0 aliphatic carbocycles. The minimum absolute atomic E-state index is 0.436. The molecule has 0 aliphatic heterocycles. The Bertz CT molecular complexity index is 345. The van der Waals surface area contributed by atoms with Crippen LogP contribution in [0.5, 0.6) is 0 Å². The molecule has 90 valence electrons. The molecule has 0 heterocycles. The highest BCUT2D eigenvalue weighted by atomic mass is 32.1. The van der Waals surface area contributed by atoms with E-state index in [9.17, 15) is 5.11 Å². The summed E-state index contributed by atoms with van der Waals surface area (Å²) in [6.07, 6.45) is -0.459. The number of hydrogen-bond acceptors (Lipinski definition) is 2. The van der Waals surface area contributed by atoms with Gasteiger partial charge in [-0.15, -0.1) is 0 Å². The normalized spacial score (nSPS) is 13.5. The molecule has 0 bridgehead atoms. The molecule has 0 saturated carbocycles. The Morgan fingerprint density at radius 1 is 1.06 bits per heavy atom. The molecule has 16 heavy (non-hydrogen) atoms. The summed E-state index contributed by atoms with van der Waals surface area (Å²) in [6, 6.07) is 6.43. The molecule has 1 nitrogen and oxygen atoms in total. The Kier molecular flexibility index (Phi) is 4.88. The summed E-state index contributed by atoms with van der Waals surface area (Å²) in [5, 5.41) is 9.99. The Hall–Kier alpha value is -0.470. The zero-order valence-corrected chi connectivity index (χ0v) is 11.5. The lowest BCUT2D eigenvalue weighted by molar-refractivity contribution is 0.203. The van der Waals surface area contributed by atoms with Gasteiger partial charge in [-0.3, -0.25) is 0 Å². The van der Waals surface area contributed by atoms with E-state index in [1.807, 2.05) is 0 Å². The number of rotatable bonds is 4. The largest absolute Gasteiger partial charge is 0.388 e. The van der Waals surface area contributed by atoms with Crippen LogP contribution < -0.4 is 0 Å². The third-order valence-electron chi connectivity index (χ3n) is 2.93. The second kappa shape index (κ2) is 5.74. The molecule has 1 aromatic carbocycles. The lowest BCUT2D eigenvalue weighted by Crippen LogP contribution is -2.06. The highest BCUT2D eigenvalue weighted by Gasteiger charge is 2.14. The second-order valence-corrected chi connectivity index (χ2v) is 5.26. The third kappa shape index (κ3) is 3.02. The molecule has 0 fully saturated rings. The Morgan fingerprint density at radius 2 is 1.69 bits per heavy atom. The number of aliphatic hydroxyl groups excluding tert-OH is 1. The first-order chi connectivity index (χ1) is 7.47. The van der Waals surface area contributed by atoms with Gasteiger partial charge in [0, 0.05) is 5.75 Å². The van der Waals surface area contributed by atoms with Crippen molar-refractivity contribution in [3.63, 3.8) is 0 Å². The van der Waals surface area contributed by atoms with Crippen molar-refractivity contribution in [3.05, 3.63) is 34.9 Å². The Morgan fingerprint density at radius 3 is 2.12 bits per heavy atom. The van der Waals surface area contributed by atoms with Crippen molar-refractivity contribution in [2.45, 2.75) is 45.6 Å². The fourth-order valence-electron chi connectivity index (χ4n) is 1.87. The van der Waals surface area contributed by atoms with E-state index in [1.54, 1.807) is 0 Å². The van der Waals surface area contributed by atoms with Crippen LogP contribution in [0.4, 0.5) is 0 Å². The molecule has 0 spiro atoms. The quantitative estimate of drug-likeness (QED) is 0.762. The molecule has 2 heteroatoms. The molecule has 0 aliphatic rings. The van der Waals surface area contributed by atoms with Crippen LogP contribution in [-0.2, 0) is 0 Å². The predicted octanol–water partition coefficient (Wildman–Crippen LogP) is 3.90. The van der Waals surface area contributed by atoms with E-state index in [0.29, 0.717) is 17.6 Å². The highest BCUT2D eigenvalue weighted by molar-refractivity contribution is 7.80. The zero-order chi connectivity index (χ0) is 12.3. The van der Waals surface area contributed by atoms with Crippen molar-refractivity contribution in [3.8, 4) is 0 Å². The van der Waals surface area contributed by atoms with Crippen molar-refractivity contribution in [2.24, 2.45) is 0 Å². The SMILES string of the molecule is CC(C)c1ccc(C(C)C)c(C(O)CS)c1. The maximum atomic E-state index is 9.99. The van der Waals surface area contributed by atoms with Crippen LogP contribution >= 0.6 is 12.6 Å². The van der Waals surface area contributed by atoms with Crippen LogP contribution in [0.2, 0.25) is 0 Å². The predicted molar refractivity (Wildman–Crippen MR) is 73.4 cm³/mol. The van der Waals surface area contributed by atoms with Crippen molar-refractivity contribution < 1.29 is 5.11 Å². The fraction of sp³-hybridized carbons (Fsp3) is 0.571. The van der Waals surface area contributed by atoms with Crippen LogP contribution in [0.25, 0.3) is 0 Å².